The average Bonchev–Trinajstić information content (AvgIpc) is 2.59. The third kappa shape index (κ3) is 4.52. The Labute approximate surface area is 152 Å². The lowest BCUT2D eigenvalue weighted by Crippen LogP contribution is -2.36. The van der Waals surface area contributed by atoms with Gasteiger partial charge in [-0.1, -0.05) is 26.0 Å². The second-order valence-electron chi connectivity index (χ2n) is 7.42. The maximum absolute atomic E-state index is 12.7. The van der Waals surface area contributed by atoms with Crippen LogP contribution in [-0.4, -0.2) is 25.5 Å². The number of nitrogens with one attached hydrogen (secondary N) is 1. The molecule has 0 radical (unpaired) electrons. The highest BCUT2D eigenvalue weighted by atomic mass is 35.5. The first kappa shape index (κ1) is 19.3. The van der Waals surface area contributed by atoms with Crippen molar-refractivity contribution in [2.75, 3.05) is 24.5 Å². The van der Waals surface area contributed by atoms with Crippen LogP contribution in [0, 0.1) is 5.92 Å². The Bertz CT molecular complexity index is 553. The smallest absolute Gasteiger partial charge is 0.226 e. The van der Waals surface area contributed by atoms with Crippen LogP contribution in [-0.2, 0) is 11.2 Å². The van der Waals surface area contributed by atoms with Crippen LogP contribution in [0.2, 0.25) is 0 Å². The van der Waals surface area contributed by atoms with Gasteiger partial charge in [0, 0.05) is 18.7 Å². The van der Waals surface area contributed by atoms with E-state index < -0.39 is 0 Å². The maximum Gasteiger partial charge on any atom is 0.226 e. The van der Waals surface area contributed by atoms with E-state index in [1.165, 1.54) is 24.0 Å². The van der Waals surface area contributed by atoms with Crippen LogP contribution in [0.3, 0.4) is 0 Å². The van der Waals surface area contributed by atoms with Gasteiger partial charge in [0.2, 0.25) is 5.91 Å². The Morgan fingerprint density at radius 2 is 2.04 bits per heavy atom. The first-order valence-electron chi connectivity index (χ1n) is 9.29. The number of carbonyl (C=O) groups is 1. The summed E-state index contributed by atoms with van der Waals surface area (Å²) in [7, 11) is 0. The first-order chi connectivity index (χ1) is 11.1. The zero-order chi connectivity index (χ0) is 16.2. The van der Waals surface area contributed by atoms with Crippen LogP contribution in [0.25, 0.3) is 0 Å². The molecule has 1 fully saturated rings. The maximum atomic E-state index is 12.7. The summed E-state index contributed by atoms with van der Waals surface area (Å²) in [6, 6.07) is 6.68. The van der Waals surface area contributed by atoms with Crippen LogP contribution in [0.5, 0.6) is 0 Å². The average molecular weight is 351 g/mol. The molecule has 1 aromatic carbocycles. The molecule has 0 aromatic heterocycles. The SMILES string of the molecule is CC(C)c1ccc2c(c1)CCCN2C(=O)CCC1CCNCC1.Cl. The number of hydrogen-bond acceptors (Lipinski definition) is 2. The zero-order valence-electron chi connectivity index (χ0n) is 15.0. The molecule has 2 heterocycles. The molecule has 3 nitrogen and oxygen atoms in total. The van der Waals surface area contributed by atoms with Crippen molar-refractivity contribution in [3.8, 4) is 0 Å². The van der Waals surface area contributed by atoms with Crippen LogP contribution in [0.4, 0.5) is 5.69 Å². The highest BCUT2D eigenvalue weighted by molar-refractivity contribution is 5.94. The van der Waals surface area contributed by atoms with Crippen LogP contribution in [0.1, 0.15) is 63.0 Å². The molecule has 134 valence electrons. The number of amides is 1. The van der Waals surface area contributed by atoms with E-state index in [4.69, 9.17) is 0 Å². The molecule has 0 bridgehead atoms. The monoisotopic (exact) mass is 350 g/mol. The minimum Gasteiger partial charge on any atom is -0.317 e. The normalized spacial score (nSPS) is 18.2. The van der Waals surface area contributed by atoms with E-state index >= 15 is 0 Å². The minimum atomic E-state index is 0. The number of hydrogen-bond donors (Lipinski definition) is 1. The number of fused-ring (bicyclic) bond motifs is 1. The number of piperidine rings is 1. The topological polar surface area (TPSA) is 32.3 Å². The summed E-state index contributed by atoms with van der Waals surface area (Å²) >= 11 is 0. The van der Waals surface area contributed by atoms with Crippen molar-refractivity contribution < 1.29 is 4.79 Å². The number of anilines is 1. The second-order valence-corrected chi connectivity index (χ2v) is 7.42. The van der Waals surface area contributed by atoms with Crippen molar-refractivity contribution >= 4 is 24.0 Å². The van der Waals surface area contributed by atoms with E-state index in [1.54, 1.807) is 0 Å². The van der Waals surface area contributed by atoms with Crippen LogP contribution < -0.4 is 10.2 Å². The number of benzene rings is 1. The fourth-order valence-electron chi connectivity index (χ4n) is 3.87. The number of carbonyl (C=O) groups excluding carboxylic acids is 1. The summed E-state index contributed by atoms with van der Waals surface area (Å²) < 4.78 is 0. The summed E-state index contributed by atoms with van der Waals surface area (Å²) in [5.41, 5.74) is 3.90. The molecule has 24 heavy (non-hydrogen) atoms. The number of aryl methyl sites for hydroxylation is 1. The van der Waals surface area contributed by atoms with Gasteiger partial charge in [-0.2, -0.15) is 0 Å². The molecule has 2 aliphatic heterocycles. The van der Waals surface area contributed by atoms with E-state index in [0.29, 0.717) is 18.2 Å². The van der Waals surface area contributed by atoms with E-state index in [2.05, 4.69) is 37.4 Å². The van der Waals surface area contributed by atoms with Gasteiger partial charge < -0.3 is 10.2 Å². The Balaban J connectivity index is 0.00000208. The molecule has 4 heteroatoms. The predicted molar refractivity (Wildman–Crippen MR) is 103 cm³/mol. The van der Waals surface area contributed by atoms with Gasteiger partial charge in [0.25, 0.3) is 0 Å². The van der Waals surface area contributed by atoms with Crippen molar-refractivity contribution in [1.82, 2.24) is 5.32 Å². The van der Waals surface area contributed by atoms with Gasteiger partial charge in [0.05, 0.1) is 0 Å². The lowest BCUT2D eigenvalue weighted by Gasteiger charge is -2.31. The van der Waals surface area contributed by atoms with Gasteiger partial charge in [-0.25, -0.2) is 0 Å². The van der Waals surface area contributed by atoms with E-state index in [0.717, 1.165) is 50.5 Å². The molecule has 0 unspecified atom stereocenters. The summed E-state index contributed by atoms with van der Waals surface area (Å²) in [6.45, 7) is 7.57. The summed E-state index contributed by atoms with van der Waals surface area (Å²) in [6.07, 6.45) is 6.40. The van der Waals surface area contributed by atoms with Crippen molar-refractivity contribution in [2.24, 2.45) is 5.92 Å². The lowest BCUT2D eigenvalue weighted by atomic mass is 9.92. The van der Waals surface area contributed by atoms with Crippen LogP contribution >= 0.6 is 12.4 Å². The first-order valence-corrected chi connectivity index (χ1v) is 9.29. The van der Waals surface area contributed by atoms with Gasteiger partial charge in [-0.3, -0.25) is 4.79 Å². The van der Waals surface area contributed by atoms with Crippen LogP contribution in [0.15, 0.2) is 18.2 Å². The Morgan fingerprint density at radius 1 is 1.29 bits per heavy atom. The number of nitrogens with zero attached hydrogens (tertiary/aromatic N) is 1. The third-order valence-electron chi connectivity index (χ3n) is 5.42. The Kier molecular flexibility index (Phi) is 7.12. The van der Waals surface area contributed by atoms with Crippen molar-refractivity contribution in [1.29, 1.82) is 0 Å². The third-order valence-corrected chi connectivity index (χ3v) is 5.42. The van der Waals surface area contributed by atoms with E-state index in [9.17, 15) is 4.79 Å². The summed E-state index contributed by atoms with van der Waals surface area (Å²) in [5, 5.41) is 3.40. The van der Waals surface area contributed by atoms with Gasteiger partial charge >= 0.3 is 0 Å². The summed E-state index contributed by atoms with van der Waals surface area (Å²) in [4.78, 5) is 14.8. The molecular weight excluding hydrogens is 320 g/mol. The molecule has 1 aromatic rings. The molecule has 0 saturated carbocycles. The Morgan fingerprint density at radius 3 is 2.75 bits per heavy atom. The Hall–Kier alpha value is -1.06. The van der Waals surface area contributed by atoms with Gasteiger partial charge in [-0.15, -0.1) is 12.4 Å². The molecule has 1 N–H and O–H groups in total. The van der Waals surface area contributed by atoms with Crippen molar-refractivity contribution in [3.63, 3.8) is 0 Å². The molecule has 0 aliphatic carbocycles. The highest BCUT2D eigenvalue weighted by Gasteiger charge is 2.24. The molecule has 1 amide bonds. The van der Waals surface area contributed by atoms with Gasteiger partial charge in [-0.05, 0) is 74.2 Å². The molecule has 2 aliphatic rings. The summed E-state index contributed by atoms with van der Waals surface area (Å²) in [5.74, 6) is 1.60. The lowest BCUT2D eigenvalue weighted by molar-refractivity contribution is -0.119. The minimum absolute atomic E-state index is 0. The van der Waals surface area contributed by atoms with Crippen molar-refractivity contribution in [2.45, 2.75) is 58.3 Å². The fraction of sp³-hybridized carbons (Fsp3) is 0.650. The number of rotatable bonds is 4. The second kappa shape index (κ2) is 8.87. The fourth-order valence-corrected chi connectivity index (χ4v) is 3.87. The standard InChI is InChI=1S/C20H30N2O.ClH/c1-15(2)17-6-7-19-18(14-17)4-3-13-22(19)20(23)8-5-16-9-11-21-12-10-16;/h6-7,14-16,21H,3-5,8-13H2,1-2H3;1H. The predicted octanol–water partition coefficient (Wildman–Crippen LogP) is 4.29. The molecule has 1 saturated heterocycles. The van der Waals surface area contributed by atoms with E-state index in [1.807, 2.05) is 4.90 Å². The molecule has 0 atom stereocenters. The largest absolute Gasteiger partial charge is 0.317 e. The zero-order valence-corrected chi connectivity index (χ0v) is 15.8. The van der Waals surface area contributed by atoms with E-state index in [-0.39, 0.29) is 12.4 Å². The van der Waals surface area contributed by atoms with Gasteiger partial charge in [0.1, 0.15) is 0 Å². The highest BCUT2D eigenvalue weighted by Crippen LogP contribution is 2.31. The molecular formula is C20H31ClN2O. The molecule has 3 rings (SSSR count). The van der Waals surface area contributed by atoms with Crippen molar-refractivity contribution in [3.05, 3.63) is 29.3 Å². The van der Waals surface area contributed by atoms with Gasteiger partial charge in [0.15, 0.2) is 0 Å². The number of halogens is 1. The quantitative estimate of drug-likeness (QED) is 0.878. The molecule has 0 spiro atoms.